The van der Waals surface area contributed by atoms with E-state index in [9.17, 15) is 13.2 Å². The van der Waals surface area contributed by atoms with Crippen LogP contribution in [0.15, 0.2) is 16.3 Å². The van der Waals surface area contributed by atoms with E-state index >= 15 is 0 Å². The number of hydrogen-bond acceptors (Lipinski definition) is 5. The average molecular weight is 306 g/mol. The van der Waals surface area contributed by atoms with Crippen LogP contribution >= 0.6 is 11.3 Å². The minimum absolute atomic E-state index is 0.152. The van der Waals surface area contributed by atoms with Crippen molar-refractivity contribution in [2.24, 2.45) is 0 Å². The molecule has 3 N–H and O–H groups in total. The molecule has 1 aromatic rings. The van der Waals surface area contributed by atoms with Crippen molar-refractivity contribution in [2.45, 2.75) is 24.0 Å². The van der Waals surface area contributed by atoms with Crippen molar-refractivity contribution in [3.8, 4) is 0 Å². The number of sulfonamides is 1. The molecule has 0 aliphatic carbocycles. The van der Waals surface area contributed by atoms with Crippen molar-refractivity contribution in [1.29, 1.82) is 0 Å². The highest BCUT2D eigenvalue weighted by Crippen LogP contribution is 2.21. The lowest BCUT2D eigenvalue weighted by Gasteiger charge is -2.04. The number of carbonyl (C=O) groups is 1. The van der Waals surface area contributed by atoms with E-state index in [2.05, 4.69) is 10.0 Å². The summed E-state index contributed by atoms with van der Waals surface area (Å²) >= 11 is 0.990. The molecule has 0 spiro atoms. The van der Waals surface area contributed by atoms with E-state index in [0.717, 1.165) is 24.4 Å². The summed E-state index contributed by atoms with van der Waals surface area (Å²) in [6.07, 6.45) is 0.557. The molecule has 0 aliphatic rings. The molecule has 0 atom stereocenters. The summed E-state index contributed by atoms with van der Waals surface area (Å²) < 4.78 is 26.4. The fourth-order valence-corrected chi connectivity index (χ4v) is 3.88. The Kier molecular flexibility index (Phi) is 6.43. The van der Waals surface area contributed by atoms with Crippen LogP contribution in [0, 0.1) is 0 Å². The van der Waals surface area contributed by atoms with Gasteiger partial charge in [0.1, 0.15) is 4.21 Å². The van der Waals surface area contributed by atoms with E-state index in [1.165, 1.54) is 12.1 Å². The van der Waals surface area contributed by atoms with Gasteiger partial charge in [-0.2, -0.15) is 0 Å². The maximum Gasteiger partial charge on any atom is 0.308 e. The van der Waals surface area contributed by atoms with Gasteiger partial charge in [0, 0.05) is 11.4 Å². The Bertz CT molecular complexity index is 511. The number of hydrogen-bond donors (Lipinski definition) is 3. The highest BCUT2D eigenvalue weighted by atomic mass is 32.2. The van der Waals surface area contributed by atoms with Crippen molar-refractivity contribution < 1.29 is 18.3 Å². The molecule has 1 rings (SSSR count). The Hall–Kier alpha value is -0.960. The van der Waals surface area contributed by atoms with Gasteiger partial charge in [-0.15, -0.1) is 11.3 Å². The summed E-state index contributed by atoms with van der Waals surface area (Å²) in [5.74, 6) is -0.968. The fourth-order valence-electron chi connectivity index (χ4n) is 1.41. The van der Waals surface area contributed by atoms with Crippen LogP contribution < -0.4 is 10.0 Å². The second kappa shape index (κ2) is 7.59. The third kappa shape index (κ3) is 5.68. The van der Waals surface area contributed by atoms with Crippen LogP contribution in [-0.4, -0.2) is 39.1 Å². The van der Waals surface area contributed by atoms with Gasteiger partial charge in [-0.05, 0) is 31.6 Å². The maximum absolute atomic E-state index is 11.9. The molecule has 0 aliphatic heterocycles. The molecule has 0 saturated carbocycles. The van der Waals surface area contributed by atoms with Gasteiger partial charge in [-0.1, -0.05) is 6.92 Å². The zero-order chi connectivity index (χ0) is 14.3. The minimum Gasteiger partial charge on any atom is -0.481 e. The van der Waals surface area contributed by atoms with Crippen LogP contribution in [-0.2, 0) is 21.2 Å². The topological polar surface area (TPSA) is 95.5 Å². The SMILES string of the molecule is CCNCCCNS(=O)(=O)c1ccc(CC(=O)O)s1. The Balaban J connectivity index is 2.52. The summed E-state index contributed by atoms with van der Waals surface area (Å²) in [7, 11) is -3.51. The van der Waals surface area contributed by atoms with Crippen molar-refractivity contribution in [3.05, 3.63) is 17.0 Å². The molecular formula is C11H18N2O4S2. The molecule has 0 amide bonds. The molecule has 19 heavy (non-hydrogen) atoms. The lowest BCUT2D eigenvalue weighted by Crippen LogP contribution is -2.26. The number of nitrogens with one attached hydrogen (secondary N) is 2. The van der Waals surface area contributed by atoms with Gasteiger partial charge in [0.2, 0.25) is 10.0 Å². The van der Waals surface area contributed by atoms with Crippen LogP contribution in [0.1, 0.15) is 18.2 Å². The van der Waals surface area contributed by atoms with Crippen LogP contribution in [0.4, 0.5) is 0 Å². The molecule has 0 bridgehead atoms. The quantitative estimate of drug-likeness (QED) is 0.582. The summed E-state index contributed by atoms with van der Waals surface area (Å²) in [4.78, 5) is 11.1. The number of carboxylic acid groups (broad SMARTS) is 1. The minimum atomic E-state index is -3.51. The molecule has 0 unspecified atom stereocenters. The van der Waals surface area contributed by atoms with Crippen molar-refractivity contribution in [3.63, 3.8) is 0 Å². The van der Waals surface area contributed by atoms with Crippen LogP contribution in [0.2, 0.25) is 0 Å². The highest BCUT2D eigenvalue weighted by Gasteiger charge is 2.16. The van der Waals surface area contributed by atoms with Crippen LogP contribution in [0.25, 0.3) is 0 Å². The lowest BCUT2D eigenvalue weighted by molar-refractivity contribution is -0.136. The highest BCUT2D eigenvalue weighted by molar-refractivity contribution is 7.91. The first-order valence-electron chi connectivity index (χ1n) is 5.96. The van der Waals surface area contributed by atoms with Gasteiger partial charge >= 0.3 is 5.97 Å². The fraction of sp³-hybridized carbons (Fsp3) is 0.545. The molecule has 0 fully saturated rings. The van der Waals surface area contributed by atoms with Crippen LogP contribution in [0.3, 0.4) is 0 Å². The van der Waals surface area contributed by atoms with Gasteiger partial charge in [0.05, 0.1) is 6.42 Å². The molecule has 108 valence electrons. The Labute approximate surface area is 116 Å². The first kappa shape index (κ1) is 16.1. The molecule has 0 radical (unpaired) electrons. The molecule has 0 saturated heterocycles. The smallest absolute Gasteiger partial charge is 0.308 e. The molecule has 1 aromatic heterocycles. The van der Waals surface area contributed by atoms with Crippen molar-refractivity contribution >= 4 is 27.3 Å². The number of carboxylic acids is 1. The maximum atomic E-state index is 11.9. The van der Waals surface area contributed by atoms with Gasteiger partial charge < -0.3 is 10.4 Å². The van der Waals surface area contributed by atoms with Crippen molar-refractivity contribution in [2.75, 3.05) is 19.6 Å². The number of rotatable bonds is 9. The molecular weight excluding hydrogens is 288 g/mol. The van der Waals surface area contributed by atoms with Crippen molar-refractivity contribution in [1.82, 2.24) is 10.0 Å². The normalized spacial score (nSPS) is 11.6. The Morgan fingerprint density at radius 1 is 1.37 bits per heavy atom. The second-order valence-electron chi connectivity index (χ2n) is 3.90. The Morgan fingerprint density at radius 3 is 2.74 bits per heavy atom. The van der Waals surface area contributed by atoms with E-state index in [1.54, 1.807) is 0 Å². The number of thiophene rings is 1. The molecule has 8 heteroatoms. The molecule has 1 heterocycles. The van der Waals surface area contributed by atoms with E-state index in [-0.39, 0.29) is 10.6 Å². The summed E-state index contributed by atoms with van der Waals surface area (Å²) in [5, 5.41) is 11.7. The van der Waals surface area contributed by atoms with E-state index in [0.29, 0.717) is 17.8 Å². The van der Waals surface area contributed by atoms with E-state index in [4.69, 9.17) is 5.11 Å². The van der Waals surface area contributed by atoms with Crippen LogP contribution in [0.5, 0.6) is 0 Å². The Morgan fingerprint density at radius 2 is 2.11 bits per heavy atom. The van der Waals surface area contributed by atoms with Gasteiger partial charge in [-0.25, -0.2) is 13.1 Å². The summed E-state index contributed by atoms with van der Waals surface area (Å²) in [6, 6.07) is 2.97. The van der Waals surface area contributed by atoms with E-state index < -0.39 is 16.0 Å². The first-order valence-corrected chi connectivity index (χ1v) is 8.26. The first-order chi connectivity index (χ1) is 8.95. The third-order valence-corrected chi connectivity index (χ3v) is 5.34. The largest absolute Gasteiger partial charge is 0.481 e. The van der Waals surface area contributed by atoms with Gasteiger partial charge in [0.25, 0.3) is 0 Å². The monoisotopic (exact) mass is 306 g/mol. The summed E-state index contributed by atoms with van der Waals surface area (Å²) in [6.45, 7) is 3.96. The predicted octanol–water partition coefficient (Wildman–Crippen LogP) is 0.653. The predicted molar refractivity (Wildman–Crippen MR) is 74.0 cm³/mol. The molecule has 6 nitrogen and oxygen atoms in total. The standard InChI is InChI=1S/C11H18N2O4S2/c1-2-12-6-3-7-13-19(16,17)11-5-4-9(18-11)8-10(14)15/h4-5,12-13H,2-3,6-8H2,1H3,(H,14,15). The average Bonchev–Trinajstić information content (AvgIpc) is 2.77. The zero-order valence-corrected chi connectivity index (χ0v) is 12.3. The lowest BCUT2D eigenvalue weighted by atomic mass is 10.3. The summed E-state index contributed by atoms with van der Waals surface area (Å²) in [5.41, 5.74) is 0. The zero-order valence-electron chi connectivity index (χ0n) is 10.7. The number of aliphatic carboxylic acids is 1. The van der Waals surface area contributed by atoms with Gasteiger partial charge in [-0.3, -0.25) is 4.79 Å². The van der Waals surface area contributed by atoms with E-state index in [1.807, 2.05) is 6.92 Å². The molecule has 0 aromatic carbocycles. The second-order valence-corrected chi connectivity index (χ2v) is 7.06. The third-order valence-electron chi connectivity index (χ3n) is 2.30. The van der Waals surface area contributed by atoms with Gasteiger partial charge in [0.15, 0.2) is 0 Å².